The molecule has 1 saturated heterocycles. The van der Waals surface area contributed by atoms with Crippen molar-refractivity contribution in [1.29, 1.82) is 0 Å². The first kappa shape index (κ1) is 11.7. The lowest BCUT2D eigenvalue weighted by Crippen LogP contribution is -2.51. The molecular weight excluding hydrogens is 194 g/mol. The van der Waals surface area contributed by atoms with Gasteiger partial charge in [0.15, 0.2) is 0 Å². The van der Waals surface area contributed by atoms with Crippen LogP contribution in [-0.4, -0.2) is 37.5 Å². The number of nitrogens with one attached hydrogen (secondary N) is 3. The van der Waals surface area contributed by atoms with Crippen molar-refractivity contribution < 1.29 is 9.59 Å². The summed E-state index contributed by atoms with van der Waals surface area (Å²) in [6, 6.07) is -0.364. The lowest BCUT2D eigenvalue weighted by atomic mass is 10.1. The monoisotopic (exact) mass is 211 g/mol. The van der Waals surface area contributed by atoms with E-state index in [4.69, 9.17) is 0 Å². The zero-order chi connectivity index (χ0) is 11.1. The third kappa shape index (κ3) is 4.12. The number of hydrogen-bond donors (Lipinski definition) is 3. The Morgan fingerprint density at radius 2 is 2.47 bits per heavy atom. The fourth-order valence-electron chi connectivity index (χ4n) is 1.44. The Hall–Kier alpha value is -1.36. The van der Waals surface area contributed by atoms with Crippen LogP contribution in [0.2, 0.25) is 0 Å². The summed E-state index contributed by atoms with van der Waals surface area (Å²) in [5.74, 6) is -0.239. The predicted octanol–water partition coefficient (Wildman–Crippen LogP) is -0.843. The molecule has 15 heavy (non-hydrogen) atoms. The van der Waals surface area contributed by atoms with Crippen molar-refractivity contribution in [3.63, 3.8) is 0 Å². The molecule has 3 N–H and O–H groups in total. The lowest BCUT2D eigenvalue weighted by molar-refractivity contribution is -0.129. The largest absolute Gasteiger partial charge is 0.354 e. The van der Waals surface area contributed by atoms with Crippen LogP contribution in [0, 0.1) is 0 Å². The molecule has 1 aliphatic heterocycles. The van der Waals surface area contributed by atoms with Gasteiger partial charge >= 0.3 is 0 Å². The van der Waals surface area contributed by atoms with Gasteiger partial charge in [-0.15, -0.1) is 6.58 Å². The lowest BCUT2D eigenvalue weighted by Gasteiger charge is -2.22. The molecule has 1 heterocycles. The molecule has 0 radical (unpaired) electrons. The molecule has 0 saturated carbocycles. The molecule has 5 heteroatoms. The number of hydrogen-bond acceptors (Lipinski definition) is 3. The molecule has 0 aromatic heterocycles. The minimum atomic E-state index is -0.364. The van der Waals surface area contributed by atoms with Crippen molar-refractivity contribution >= 4 is 11.8 Å². The van der Waals surface area contributed by atoms with E-state index in [1.165, 1.54) is 0 Å². The van der Waals surface area contributed by atoms with Crippen LogP contribution in [0.4, 0.5) is 0 Å². The van der Waals surface area contributed by atoms with E-state index in [9.17, 15) is 9.59 Å². The minimum Gasteiger partial charge on any atom is -0.354 e. The Morgan fingerprint density at radius 3 is 3.13 bits per heavy atom. The zero-order valence-electron chi connectivity index (χ0n) is 8.71. The summed E-state index contributed by atoms with van der Waals surface area (Å²) >= 11 is 0. The SMILES string of the molecule is C=CCNCC(=O)NC1CCCNC1=O. The van der Waals surface area contributed by atoms with Crippen molar-refractivity contribution in [2.75, 3.05) is 19.6 Å². The molecule has 1 atom stereocenters. The molecule has 1 fully saturated rings. The number of amides is 2. The van der Waals surface area contributed by atoms with Crippen molar-refractivity contribution in [2.24, 2.45) is 0 Å². The van der Waals surface area contributed by atoms with Gasteiger partial charge in [-0.25, -0.2) is 0 Å². The average Bonchev–Trinajstić information content (AvgIpc) is 2.22. The van der Waals surface area contributed by atoms with Crippen LogP contribution in [0.3, 0.4) is 0 Å². The summed E-state index contributed by atoms with van der Waals surface area (Å²) in [6.45, 7) is 5.04. The first-order valence-electron chi connectivity index (χ1n) is 5.12. The van der Waals surface area contributed by atoms with Gasteiger partial charge in [0.2, 0.25) is 11.8 Å². The second kappa shape index (κ2) is 6.19. The number of carbonyl (C=O) groups is 2. The van der Waals surface area contributed by atoms with Crippen molar-refractivity contribution in [2.45, 2.75) is 18.9 Å². The van der Waals surface area contributed by atoms with Crippen LogP contribution < -0.4 is 16.0 Å². The maximum Gasteiger partial charge on any atom is 0.242 e. The van der Waals surface area contributed by atoms with Gasteiger partial charge in [-0.2, -0.15) is 0 Å². The Bertz CT molecular complexity index is 253. The van der Waals surface area contributed by atoms with Gasteiger partial charge in [0.05, 0.1) is 6.54 Å². The van der Waals surface area contributed by atoms with Crippen LogP contribution in [0.1, 0.15) is 12.8 Å². The van der Waals surface area contributed by atoms with Crippen molar-refractivity contribution in [1.82, 2.24) is 16.0 Å². The molecule has 1 aliphatic rings. The van der Waals surface area contributed by atoms with E-state index in [1.54, 1.807) is 6.08 Å². The maximum absolute atomic E-state index is 11.3. The fourth-order valence-corrected chi connectivity index (χ4v) is 1.44. The number of carbonyl (C=O) groups excluding carboxylic acids is 2. The molecular formula is C10H17N3O2. The summed E-state index contributed by atoms with van der Waals surface area (Å²) in [6.07, 6.45) is 3.32. The van der Waals surface area contributed by atoms with E-state index in [0.29, 0.717) is 13.1 Å². The number of piperidine rings is 1. The fraction of sp³-hybridized carbons (Fsp3) is 0.600. The van der Waals surface area contributed by atoms with E-state index in [1.807, 2.05) is 0 Å². The smallest absolute Gasteiger partial charge is 0.242 e. The first-order valence-corrected chi connectivity index (χ1v) is 5.12. The van der Waals surface area contributed by atoms with Crippen LogP contribution in [0.5, 0.6) is 0 Å². The van der Waals surface area contributed by atoms with E-state index in [-0.39, 0.29) is 24.4 Å². The van der Waals surface area contributed by atoms with E-state index in [2.05, 4.69) is 22.5 Å². The standard InChI is InChI=1S/C10H17N3O2/c1-2-5-11-7-9(14)13-8-4-3-6-12-10(8)15/h2,8,11H,1,3-7H2,(H,12,15)(H,13,14). The molecule has 1 rings (SSSR count). The Kier molecular flexibility index (Phi) is 4.83. The third-order valence-electron chi connectivity index (χ3n) is 2.19. The Labute approximate surface area is 89.3 Å². The van der Waals surface area contributed by atoms with Gasteiger partial charge < -0.3 is 16.0 Å². The van der Waals surface area contributed by atoms with Crippen molar-refractivity contribution in [3.8, 4) is 0 Å². The predicted molar refractivity (Wildman–Crippen MR) is 57.2 cm³/mol. The van der Waals surface area contributed by atoms with E-state index in [0.717, 1.165) is 12.8 Å². The van der Waals surface area contributed by atoms with E-state index >= 15 is 0 Å². The summed E-state index contributed by atoms with van der Waals surface area (Å²) in [5, 5.41) is 8.27. The van der Waals surface area contributed by atoms with Crippen LogP contribution in [-0.2, 0) is 9.59 Å². The maximum atomic E-state index is 11.3. The average molecular weight is 211 g/mol. The minimum absolute atomic E-state index is 0.0849. The topological polar surface area (TPSA) is 70.2 Å². The van der Waals surface area contributed by atoms with Crippen LogP contribution >= 0.6 is 0 Å². The highest BCUT2D eigenvalue weighted by Crippen LogP contribution is 2.02. The summed E-state index contributed by atoms with van der Waals surface area (Å²) < 4.78 is 0. The highest BCUT2D eigenvalue weighted by molar-refractivity contribution is 5.88. The molecule has 0 aromatic carbocycles. The van der Waals surface area contributed by atoms with Gasteiger partial charge in [-0.1, -0.05) is 6.08 Å². The molecule has 2 amide bonds. The summed E-state index contributed by atoms with van der Waals surface area (Å²) in [7, 11) is 0. The molecule has 0 aliphatic carbocycles. The van der Waals surface area contributed by atoms with Crippen LogP contribution in [0.25, 0.3) is 0 Å². The molecule has 0 bridgehead atoms. The first-order chi connectivity index (χ1) is 7.24. The summed E-state index contributed by atoms with van der Waals surface area (Å²) in [4.78, 5) is 22.6. The van der Waals surface area contributed by atoms with Crippen LogP contribution in [0.15, 0.2) is 12.7 Å². The molecule has 0 spiro atoms. The molecule has 84 valence electrons. The van der Waals surface area contributed by atoms with E-state index < -0.39 is 0 Å². The zero-order valence-corrected chi connectivity index (χ0v) is 8.71. The Morgan fingerprint density at radius 1 is 1.67 bits per heavy atom. The Balaban J connectivity index is 2.23. The van der Waals surface area contributed by atoms with Crippen molar-refractivity contribution in [3.05, 3.63) is 12.7 Å². The van der Waals surface area contributed by atoms with Gasteiger partial charge in [-0.05, 0) is 12.8 Å². The molecule has 0 aromatic rings. The third-order valence-corrected chi connectivity index (χ3v) is 2.19. The van der Waals surface area contributed by atoms with Gasteiger partial charge in [0.25, 0.3) is 0 Å². The second-order valence-electron chi connectivity index (χ2n) is 3.47. The van der Waals surface area contributed by atoms with Gasteiger partial charge in [0, 0.05) is 13.1 Å². The van der Waals surface area contributed by atoms with Gasteiger partial charge in [-0.3, -0.25) is 9.59 Å². The highest BCUT2D eigenvalue weighted by atomic mass is 16.2. The van der Waals surface area contributed by atoms with Gasteiger partial charge in [0.1, 0.15) is 6.04 Å². The molecule has 5 nitrogen and oxygen atoms in total. The molecule has 1 unspecified atom stereocenters. The highest BCUT2D eigenvalue weighted by Gasteiger charge is 2.22. The normalized spacial score (nSPS) is 20.5. The number of rotatable bonds is 5. The quantitative estimate of drug-likeness (QED) is 0.410. The summed E-state index contributed by atoms with van der Waals surface area (Å²) in [5.41, 5.74) is 0. The second-order valence-corrected chi connectivity index (χ2v) is 3.47.